The average molecular weight is 268 g/mol. The molecule has 0 bridgehead atoms. The van der Waals surface area contributed by atoms with Crippen molar-refractivity contribution < 1.29 is 4.39 Å². The highest BCUT2D eigenvalue weighted by atomic mass is 19.1. The van der Waals surface area contributed by atoms with Gasteiger partial charge in [0.15, 0.2) is 5.82 Å². The minimum atomic E-state index is -0.367. The summed E-state index contributed by atoms with van der Waals surface area (Å²) in [6.45, 7) is 1.86. The molecule has 0 fully saturated rings. The summed E-state index contributed by atoms with van der Waals surface area (Å²) in [6.07, 6.45) is 0. The lowest BCUT2D eigenvalue weighted by Crippen LogP contribution is -2.01. The lowest BCUT2D eigenvalue weighted by molar-refractivity contribution is 0.628. The summed E-state index contributed by atoms with van der Waals surface area (Å²) in [6, 6.07) is 14.0. The first-order valence-corrected chi connectivity index (χ1v) is 6.19. The van der Waals surface area contributed by atoms with Crippen molar-refractivity contribution in [2.24, 2.45) is 0 Å². The molecule has 0 amide bonds. The SMILES string of the molecule is Cc1nnc(-c2ccc(F)cc2N)n1-c1ccccc1. The predicted molar refractivity (Wildman–Crippen MR) is 75.9 cm³/mol. The molecule has 0 aliphatic heterocycles. The minimum Gasteiger partial charge on any atom is -0.398 e. The number of anilines is 1. The highest BCUT2D eigenvalue weighted by Crippen LogP contribution is 2.27. The molecule has 0 unspecified atom stereocenters. The average Bonchev–Trinajstić information content (AvgIpc) is 2.81. The first kappa shape index (κ1) is 12.3. The second kappa shape index (κ2) is 4.77. The van der Waals surface area contributed by atoms with Gasteiger partial charge in [-0.25, -0.2) is 4.39 Å². The minimum absolute atomic E-state index is 0.342. The smallest absolute Gasteiger partial charge is 0.170 e. The fourth-order valence-corrected chi connectivity index (χ4v) is 2.16. The maximum Gasteiger partial charge on any atom is 0.170 e. The van der Waals surface area contributed by atoms with Crippen molar-refractivity contribution in [3.05, 3.63) is 60.2 Å². The van der Waals surface area contributed by atoms with Gasteiger partial charge in [0.25, 0.3) is 0 Å². The van der Waals surface area contributed by atoms with Crippen LogP contribution in [-0.2, 0) is 0 Å². The van der Waals surface area contributed by atoms with Gasteiger partial charge in [0, 0.05) is 16.9 Å². The van der Waals surface area contributed by atoms with Crippen LogP contribution in [0.5, 0.6) is 0 Å². The second-order valence-corrected chi connectivity index (χ2v) is 4.47. The molecule has 100 valence electrons. The van der Waals surface area contributed by atoms with Crippen LogP contribution in [0.2, 0.25) is 0 Å². The lowest BCUT2D eigenvalue weighted by Gasteiger charge is -2.10. The Morgan fingerprint density at radius 2 is 1.80 bits per heavy atom. The monoisotopic (exact) mass is 268 g/mol. The number of benzene rings is 2. The van der Waals surface area contributed by atoms with E-state index in [-0.39, 0.29) is 5.82 Å². The Labute approximate surface area is 115 Å². The van der Waals surface area contributed by atoms with Gasteiger partial charge in [0.05, 0.1) is 0 Å². The molecule has 1 aromatic heterocycles. The van der Waals surface area contributed by atoms with Gasteiger partial charge >= 0.3 is 0 Å². The summed E-state index contributed by atoms with van der Waals surface area (Å²) in [7, 11) is 0. The van der Waals surface area contributed by atoms with Gasteiger partial charge in [-0.15, -0.1) is 10.2 Å². The third-order valence-corrected chi connectivity index (χ3v) is 3.09. The zero-order chi connectivity index (χ0) is 14.1. The van der Waals surface area contributed by atoms with E-state index in [1.165, 1.54) is 12.1 Å². The number of aromatic nitrogens is 3. The summed E-state index contributed by atoms with van der Waals surface area (Å²) in [5.41, 5.74) is 7.83. The van der Waals surface area contributed by atoms with Crippen LogP contribution >= 0.6 is 0 Å². The highest BCUT2D eigenvalue weighted by Gasteiger charge is 2.15. The zero-order valence-electron chi connectivity index (χ0n) is 10.9. The van der Waals surface area contributed by atoms with Crippen LogP contribution in [-0.4, -0.2) is 14.8 Å². The summed E-state index contributed by atoms with van der Waals surface area (Å²) < 4.78 is 15.1. The molecule has 0 aliphatic carbocycles. The standard InChI is InChI=1S/C15H13FN4/c1-10-18-19-15(13-8-7-11(16)9-14(13)17)20(10)12-5-3-2-4-6-12/h2-9H,17H2,1H3. The molecule has 4 nitrogen and oxygen atoms in total. The molecule has 0 saturated heterocycles. The van der Waals surface area contributed by atoms with Crippen molar-refractivity contribution in [1.82, 2.24) is 14.8 Å². The van der Waals surface area contributed by atoms with E-state index in [1.54, 1.807) is 6.07 Å². The van der Waals surface area contributed by atoms with Crippen LogP contribution in [0.1, 0.15) is 5.82 Å². The van der Waals surface area contributed by atoms with E-state index in [1.807, 2.05) is 41.8 Å². The first-order valence-electron chi connectivity index (χ1n) is 6.19. The quantitative estimate of drug-likeness (QED) is 0.727. The van der Waals surface area contributed by atoms with Crippen molar-refractivity contribution in [1.29, 1.82) is 0 Å². The van der Waals surface area contributed by atoms with E-state index < -0.39 is 0 Å². The molecule has 0 spiro atoms. The number of aryl methyl sites for hydroxylation is 1. The Balaban J connectivity index is 2.21. The Morgan fingerprint density at radius 3 is 2.50 bits per heavy atom. The Kier molecular flexibility index (Phi) is 2.95. The van der Waals surface area contributed by atoms with E-state index in [4.69, 9.17) is 5.73 Å². The summed E-state index contributed by atoms with van der Waals surface area (Å²) in [5, 5.41) is 8.26. The van der Waals surface area contributed by atoms with E-state index >= 15 is 0 Å². The topological polar surface area (TPSA) is 56.7 Å². The highest BCUT2D eigenvalue weighted by molar-refractivity contribution is 5.72. The maximum atomic E-state index is 13.2. The van der Waals surface area contributed by atoms with Crippen LogP contribution in [0, 0.1) is 12.7 Å². The van der Waals surface area contributed by atoms with Gasteiger partial charge in [-0.2, -0.15) is 0 Å². The molecule has 3 rings (SSSR count). The van der Waals surface area contributed by atoms with Crippen LogP contribution in [0.15, 0.2) is 48.5 Å². The number of rotatable bonds is 2. The van der Waals surface area contributed by atoms with Crippen LogP contribution < -0.4 is 5.73 Å². The maximum absolute atomic E-state index is 13.2. The molecule has 0 atom stereocenters. The number of nitrogens with zero attached hydrogens (tertiary/aromatic N) is 3. The number of nitrogens with two attached hydrogens (primary N) is 1. The van der Waals surface area contributed by atoms with Crippen molar-refractivity contribution in [3.8, 4) is 17.1 Å². The van der Waals surface area contributed by atoms with E-state index in [2.05, 4.69) is 10.2 Å². The van der Waals surface area contributed by atoms with Gasteiger partial charge in [-0.05, 0) is 37.3 Å². The largest absolute Gasteiger partial charge is 0.398 e. The Hall–Kier alpha value is -2.69. The third kappa shape index (κ3) is 2.03. The van der Waals surface area contributed by atoms with E-state index in [9.17, 15) is 4.39 Å². The van der Waals surface area contributed by atoms with E-state index in [0.717, 1.165) is 11.5 Å². The van der Waals surface area contributed by atoms with Crippen molar-refractivity contribution >= 4 is 5.69 Å². The van der Waals surface area contributed by atoms with Crippen LogP contribution in [0.25, 0.3) is 17.1 Å². The van der Waals surface area contributed by atoms with Gasteiger partial charge in [0.1, 0.15) is 11.6 Å². The fourth-order valence-electron chi connectivity index (χ4n) is 2.16. The first-order chi connectivity index (χ1) is 9.66. The predicted octanol–water partition coefficient (Wildman–Crippen LogP) is 2.96. The fraction of sp³-hybridized carbons (Fsp3) is 0.0667. The summed E-state index contributed by atoms with van der Waals surface area (Å²) >= 11 is 0. The molecule has 0 radical (unpaired) electrons. The lowest BCUT2D eigenvalue weighted by atomic mass is 10.1. The normalized spacial score (nSPS) is 10.7. The molecule has 2 aromatic carbocycles. The number of nitrogen functional groups attached to an aromatic ring is 1. The van der Waals surface area contributed by atoms with Crippen molar-refractivity contribution in [2.45, 2.75) is 6.92 Å². The summed E-state index contributed by atoms with van der Waals surface area (Å²) in [5.74, 6) is 0.981. The number of para-hydroxylation sites is 1. The molecule has 0 aliphatic rings. The Morgan fingerprint density at radius 1 is 1.05 bits per heavy atom. The molecular formula is C15H13FN4. The van der Waals surface area contributed by atoms with Gasteiger partial charge in [0.2, 0.25) is 0 Å². The summed E-state index contributed by atoms with van der Waals surface area (Å²) in [4.78, 5) is 0. The van der Waals surface area contributed by atoms with Crippen LogP contribution in [0.3, 0.4) is 0 Å². The van der Waals surface area contributed by atoms with Crippen molar-refractivity contribution in [3.63, 3.8) is 0 Å². The van der Waals surface area contributed by atoms with Gasteiger partial charge in [-0.3, -0.25) is 4.57 Å². The molecular weight excluding hydrogens is 255 g/mol. The second-order valence-electron chi connectivity index (χ2n) is 4.47. The molecule has 0 saturated carbocycles. The molecule has 20 heavy (non-hydrogen) atoms. The number of halogens is 1. The molecule has 2 N–H and O–H groups in total. The zero-order valence-corrected chi connectivity index (χ0v) is 10.9. The molecule has 3 aromatic rings. The van der Waals surface area contributed by atoms with Gasteiger partial charge < -0.3 is 5.73 Å². The number of hydrogen-bond acceptors (Lipinski definition) is 3. The molecule has 1 heterocycles. The van der Waals surface area contributed by atoms with Crippen LogP contribution in [0.4, 0.5) is 10.1 Å². The molecule has 5 heteroatoms. The van der Waals surface area contributed by atoms with E-state index in [0.29, 0.717) is 17.1 Å². The van der Waals surface area contributed by atoms with Crippen molar-refractivity contribution in [2.75, 3.05) is 5.73 Å². The van der Waals surface area contributed by atoms with Gasteiger partial charge in [-0.1, -0.05) is 18.2 Å². The Bertz CT molecular complexity index is 750. The third-order valence-electron chi connectivity index (χ3n) is 3.09. The number of hydrogen-bond donors (Lipinski definition) is 1.